The first-order valence-electron chi connectivity index (χ1n) is 14.8. The average Bonchev–Trinajstić information content (AvgIpc) is 2.86. The van der Waals surface area contributed by atoms with Crippen LogP contribution in [0, 0.1) is 41.4 Å². The quantitative estimate of drug-likeness (QED) is 0.159. The highest BCUT2D eigenvalue weighted by Gasteiger charge is 2.40. The fraction of sp³-hybridized carbons (Fsp3) is 0.750. The third kappa shape index (κ3) is 11.4. The molecule has 1 fully saturated rings. The van der Waals surface area contributed by atoms with E-state index in [1.165, 1.54) is 5.57 Å². The summed E-state index contributed by atoms with van der Waals surface area (Å²) in [6.45, 7) is 17.6. The Morgan fingerprint density at radius 2 is 1.68 bits per heavy atom. The molecular formula is C32H55NO7. The van der Waals surface area contributed by atoms with Gasteiger partial charge in [-0.3, -0.25) is 4.79 Å². The van der Waals surface area contributed by atoms with Gasteiger partial charge in [0, 0.05) is 30.1 Å². The molecule has 5 N–H and O–H groups in total. The molecule has 8 heteroatoms. The van der Waals surface area contributed by atoms with Gasteiger partial charge in [0.25, 0.3) is 0 Å². The first kappa shape index (κ1) is 35.9. The van der Waals surface area contributed by atoms with E-state index in [0.717, 1.165) is 12.8 Å². The van der Waals surface area contributed by atoms with Crippen molar-refractivity contribution in [2.24, 2.45) is 47.2 Å². The maximum absolute atomic E-state index is 12.0. The van der Waals surface area contributed by atoms with E-state index in [0.29, 0.717) is 5.92 Å². The van der Waals surface area contributed by atoms with Gasteiger partial charge in [-0.05, 0) is 45.4 Å². The molecule has 1 saturated heterocycles. The maximum atomic E-state index is 12.0. The molecule has 230 valence electrons. The Morgan fingerprint density at radius 1 is 1.05 bits per heavy atom. The molecule has 12 atom stereocenters. The molecular weight excluding hydrogens is 510 g/mol. The number of amides is 1. The van der Waals surface area contributed by atoms with Gasteiger partial charge in [-0.1, -0.05) is 77.5 Å². The molecule has 0 bridgehead atoms. The van der Waals surface area contributed by atoms with Crippen molar-refractivity contribution in [3.05, 3.63) is 36.0 Å². The number of cyclic esters (lactones) is 1. The van der Waals surface area contributed by atoms with Crippen LogP contribution in [0.3, 0.4) is 0 Å². The standard InChI is InChI=1S/C32H55NO7/c1-10-11-21(5)30(40-32(33)38)23(7)16-19(3)14-18(2)15-22(6)28(35)20(4)12-13-26(34)17-27-24(8)29(36)25(9)31(37)39-27/h10-13,15,19-30,34-36H,14,16-17H2,1-9H3,(H2,33,38)/b11-10-,13-12-,18-15-/t19-,20-,21-,22-,23-,24-,25+,26+,27-,28-,29-,30-/m0/s1. The lowest BCUT2D eigenvalue weighted by atomic mass is 9.83. The van der Waals surface area contributed by atoms with E-state index >= 15 is 0 Å². The maximum Gasteiger partial charge on any atom is 0.404 e. The summed E-state index contributed by atoms with van der Waals surface area (Å²) in [4.78, 5) is 23.4. The van der Waals surface area contributed by atoms with Crippen LogP contribution in [0.4, 0.5) is 4.79 Å². The Bertz CT molecular complexity index is 884. The van der Waals surface area contributed by atoms with Gasteiger partial charge in [-0.15, -0.1) is 0 Å². The van der Waals surface area contributed by atoms with E-state index < -0.39 is 42.4 Å². The van der Waals surface area contributed by atoms with Crippen molar-refractivity contribution in [3.63, 3.8) is 0 Å². The number of nitrogens with two attached hydrogens (primary N) is 1. The number of rotatable bonds is 15. The van der Waals surface area contributed by atoms with Crippen LogP contribution in [0.1, 0.15) is 81.6 Å². The molecule has 1 heterocycles. The van der Waals surface area contributed by atoms with Gasteiger partial charge in [-0.25, -0.2) is 4.79 Å². The molecule has 1 amide bonds. The van der Waals surface area contributed by atoms with E-state index in [1.807, 2.05) is 46.8 Å². The van der Waals surface area contributed by atoms with Crippen LogP contribution >= 0.6 is 0 Å². The lowest BCUT2D eigenvalue weighted by molar-refractivity contribution is -0.179. The van der Waals surface area contributed by atoms with Crippen LogP contribution in [0.5, 0.6) is 0 Å². The average molecular weight is 566 g/mol. The van der Waals surface area contributed by atoms with Gasteiger partial charge in [0.1, 0.15) is 12.2 Å². The van der Waals surface area contributed by atoms with Gasteiger partial charge < -0.3 is 30.5 Å². The van der Waals surface area contributed by atoms with Crippen LogP contribution in [-0.2, 0) is 14.3 Å². The molecule has 0 aromatic heterocycles. The normalized spacial score (nSPS) is 28.4. The second kappa shape index (κ2) is 16.9. The molecule has 1 aliphatic heterocycles. The number of aliphatic hydroxyl groups excluding tert-OH is 3. The van der Waals surface area contributed by atoms with Crippen LogP contribution in [0.25, 0.3) is 0 Å². The Kier molecular flexibility index (Phi) is 15.2. The van der Waals surface area contributed by atoms with Gasteiger partial charge in [0.2, 0.25) is 0 Å². The van der Waals surface area contributed by atoms with Crippen molar-refractivity contribution in [1.82, 2.24) is 0 Å². The molecule has 0 aromatic rings. The van der Waals surface area contributed by atoms with Gasteiger partial charge in [-0.2, -0.15) is 0 Å². The number of carbonyl (C=O) groups is 2. The topological polar surface area (TPSA) is 139 Å². The Hall–Kier alpha value is -2.16. The zero-order valence-corrected chi connectivity index (χ0v) is 26.0. The van der Waals surface area contributed by atoms with Crippen molar-refractivity contribution in [1.29, 1.82) is 0 Å². The van der Waals surface area contributed by atoms with Crippen molar-refractivity contribution < 1.29 is 34.4 Å². The number of hydrogen-bond donors (Lipinski definition) is 4. The molecule has 0 saturated carbocycles. The predicted molar refractivity (Wildman–Crippen MR) is 158 cm³/mol. The van der Waals surface area contributed by atoms with Crippen LogP contribution in [-0.4, -0.2) is 57.9 Å². The van der Waals surface area contributed by atoms with E-state index in [-0.39, 0.29) is 42.1 Å². The van der Waals surface area contributed by atoms with Gasteiger partial charge in [0.05, 0.1) is 24.2 Å². The van der Waals surface area contributed by atoms with Gasteiger partial charge >= 0.3 is 12.1 Å². The molecule has 1 rings (SSSR count). The summed E-state index contributed by atoms with van der Waals surface area (Å²) < 4.78 is 10.9. The minimum Gasteiger partial charge on any atom is -0.462 e. The monoisotopic (exact) mass is 565 g/mol. The van der Waals surface area contributed by atoms with E-state index in [1.54, 1.807) is 19.1 Å². The fourth-order valence-electron chi connectivity index (χ4n) is 5.96. The highest BCUT2D eigenvalue weighted by Crippen LogP contribution is 2.30. The summed E-state index contributed by atoms with van der Waals surface area (Å²) in [5.41, 5.74) is 6.50. The third-order valence-electron chi connectivity index (χ3n) is 8.28. The number of ether oxygens (including phenoxy) is 2. The molecule has 0 aliphatic carbocycles. The summed E-state index contributed by atoms with van der Waals surface area (Å²) in [7, 11) is 0. The highest BCUT2D eigenvalue weighted by atomic mass is 16.6. The third-order valence-corrected chi connectivity index (χ3v) is 8.28. The van der Waals surface area contributed by atoms with Crippen molar-refractivity contribution in [2.45, 2.75) is 112 Å². The molecule has 40 heavy (non-hydrogen) atoms. The molecule has 0 unspecified atom stereocenters. The van der Waals surface area contributed by atoms with Crippen LogP contribution < -0.4 is 5.73 Å². The Labute approximate surface area is 241 Å². The summed E-state index contributed by atoms with van der Waals surface area (Å²) in [5.74, 6) is -1.05. The number of allylic oxidation sites excluding steroid dienone is 2. The lowest BCUT2D eigenvalue weighted by Gasteiger charge is -2.36. The number of primary amides is 1. The van der Waals surface area contributed by atoms with Crippen molar-refractivity contribution in [2.75, 3.05) is 0 Å². The van der Waals surface area contributed by atoms with Crippen molar-refractivity contribution >= 4 is 12.1 Å². The number of aliphatic hydroxyl groups is 3. The molecule has 0 aromatic carbocycles. The minimum atomic E-state index is -0.858. The summed E-state index contributed by atoms with van der Waals surface area (Å²) in [6.07, 6.45) is 7.51. The summed E-state index contributed by atoms with van der Waals surface area (Å²) >= 11 is 0. The Balaban J connectivity index is 2.67. The molecule has 1 aliphatic rings. The first-order chi connectivity index (χ1) is 18.6. The zero-order valence-electron chi connectivity index (χ0n) is 26.0. The molecule has 8 nitrogen and oxygen atoms in total. The van der Waals surface area contributed by atoms with E-state index in [2.05, 4.69) is 26.8 Å². The SMILES string of the molecule is C/C=C\[C@H](C)[C@H](OC(N)=O)[C@@H](C)C[C@@H](C)C/C(C)=C\[C@H](C)[C@@H](O)[C@@H](C)/C=C\[C@@H](O)C[C@@H]1OC(=O)[C@H](C)[C@@H](O)[C@H]1C. The van der Waals surface area contributed by atoms with Crippen LogP contribution in [0.2, 0.25) is 0 Å². The van der Waals surface area contributed by atoms with Crippen LogP contribution in [0.15, 0.2) is 36.0 Å². The minimum absolute atomic E-state index is 0.0657. The highest BCUT2D eigenvalue weighted by molar-refractivity contribution is 5.73. The second-order valence-electron chi connectivity index (χ2n) is 12.3. The smallest absolute Gasteiger partial charge is 0.404 e. The van der Waals surface area contributed by atoms with E-state index in [4.69, 9.17) is 15.2 Å². The molecule has 0 spiro atoms. The lowest BCUT2D eigenvalue weighted by Crippen LogP contribution is -2.47. The van der Waals surface area contributed by atoms with Gasteiger partial charge in [0.15, 0.2) is 0 Å². The fourth-order valence-corrected chi connectivity index (χ4v) is 5.96. The summed E-state index contributed by atoms with van der Waals surface area (Å²) in [6, 6.07) is 0. The summed E-state index contributed by atoms with van der Waals surface area (Å²) in [5, 5.41) is 31.7. The molecule has 0 radical (unpaired) electrons. The Morgan fingerprint density at radius 3 is 2.25 bits per heavy atom. The largest absolute Gasteiger partial charge is 0.462 e. The van der Waals surface area contributed by atoms with E-state index in [9.17, 15) is 24.9 Å². The first-order valence-corrected chi connectivity index (χ1v) is 14.8. The second-order valence-corrected chi connectivity index (χ2v) is 12.3. The van der Waals surface area contributed by atoms with Crippen molar-refractivity contribution in [3.8, 4) is 0 Å². The number of hydrogen-bond acceptors (Lipinski definition) is 7. The zero-order chi connectivity index (χ0) is 30.7. The number of esters is 1. The number of carbonyl (C=O) groups excluding carboxylic acids is 2. The predicted octanol–water partition coefficient (Wildman–Crippen LogP) is 5.16.